The highest BCUT2D eigenvalue weighted by Gasteiger charge is 2.04. The number of aldehydes is 1. The second-order valence-corrected chi connectivity index (χ2v) is 4.23. The molecule has 7 heteroatoms. The van der Waals surface area contributed by atoms with Crippen molar-refractivity contribution in [1.29, 1.82) is 0 Å². The normalized spacial score (nSPS) is 11.3. The second-order valence-electron chi connectivity index (χ2n) is 4.23. The molecule has 0 unspecified atom stereocenters. The number of hydrogen-bond donors (Lipinski definition) is 2. The van der Waals surface area contributed by atoms with Crippen molar-refractivity contribution in [1.82, 2.24) is 4.98 Å². The van der Waals surface area contributed by atoms with Crippen molar-refractivity contribution in [2.24, 2.45) is 10.7 Å². The van der Waals surface area contributed by atoms with Gasteiger partial charge in [-0.3, -0.25) is 15.1 Å². The molecular weight excluding hydrogens is 296 g/mol. The predicted molar refractivity (Wildman–Crippen MR) is 89.0 cm³/mol. The number of para-hydroxylation sites is 2. The molecule has 2 heterocycles. The van der Waals surface area contributed by atoms with Gasteiger partial charge >= 0.3 is 6.01 Å². The number of carbonyl (C=O) groups is 1. The third kappa shape index (κ3) is 4.85. The number of allylic oxidation sites excluding steroid dienone is 1. The minimum atomic E-state index is 0.275. The summed E-state index contributed by atoms with van der Waals surface area (Å²) in [4.78, 5) is 17.7. The summed E-state index contributed by atoms with van der Waals surface area (Å²) in [5, 5.41) is 2.73. The number of benzene rings is 1. The van der Waals surface area contributed by atoms with E-state index in [0.29, 0.717) is 18.1 Å². The summed E-state index contributed by atoms with van der Waals surface area (Å²) in [6.45, 7) is 0. The highest BCUT2D eigenvalue weighted by molar-refractivity contribution is 5.91. The number of furan rings is 1. The lowest BCUT2D eigenvalue weighted by atomic mass is 10.3. The minimum Gasteiger partial charge on any atom is -0.465 e. The van der Waals surface area contributed by atoms with Gasteiger partial charge in [0.2, 0.25) is 0 Å². The molecule has 0 atom stereocenters. The van der Waals surface area contributed by atoms with Gasteiger partial charge in [-0.15, -0.1) is 0 Å². The number of nitrogens with two attached hydrogens (primary N) is 1. The Kier molecular flexibility index (Phi) is 5.70. The van der Waals surface area contributed by atoms with Gasteiger partial charge in [0, 0.05) is 7.05 Å². The van der Waals surface area contributed by atoms with E-state index in [4.69, 9.17) is 14.6 Å². The van der Waals surface area contributed by atoms with E-state index in [2.05, 4.69) is 15.3 Å². The zero-order chi connectivity index (χ0) is 16.5. The summed E-state index contributed by atoms with van der Waals surface area (Å²) < 4.78 is 10.2. The monoisotopic (exact) mass is 312 g/mol. The maximum Gasteiger partial charge on any atom is 0.302 e. The number of guanidine groups is 1. The van der Waals surface area contributed by atoms with Crippen LogP contribution in [-0.2, 0) is 4.79 Å². The lowest BCUT2D eigenvalue weighted by Crippen LogP contribution is -2.22. The zero-order valence-electron chi connectivity index (χ0n) is 12.5. The van der Waals surface area contributed by atoms with E-state index < -0.39 is 0 Å². The fraction of sp³-hybridized carbons (Fsp3) is 0.0625. The minimum absolute atomic E-state index is 0.275. The van der Waals surface area contributed by atoms with Crippen LogP contribution in [0.4, 0.5) is 6.01 Å². The van der Waals surface area contributed by atoms with Crippen molar-refractivity contribution in [3.05, 3.63) is 54.5 Å². The first kappa shape index (κ1) is 16.0. The van der Waals surface area contributed by atoms with E-state index in [1.54, 1.807) is 31.5 Å². The number of anilines is 1. The number of rotatable bonds is 3. The Hall–Kier alpha value is -3.35. The van der Waals surface area contributed by atoms with Crippen LogP contribution in [0.1, 0.15) is 5.76 Å². The smallest absolute Gasteiger partial charge is 0.302 e. The molecule has 0 fully saturated rings. The van der Waals surface area contributed by atoms with Gasteiger partial charge in [-0.05, 0) is 36.4 Å². The highest BCUT2D eigenvalue weighted by Crippen LogP contribution is 2.17. The zero-order valence-corrected chi connectivity index (χ0v) is 12.5. The maximum absolute atomic E-state index is 9.77. The van der Waals surface area contributed by atoms with Gasteiger partial charge in [0.05, 0.1) is 6.26 Å². The SMILES string of the molecule is CN=C(N)Nc1nc2ccccc2o1.O=C/C=C/c1ccco1. The van der Waals surface area contributed by atoms with Crippen LogP contribution in [0, 0.1) is 0 Å². The summed E-state index contributed by atoms with van der Waals surface area (Å²) in [6, 6.07) is 11.4. The molecule has 0 amide bonds. The second kappa shape index (κ2) is 8.18. The van der Waals surface area contributed by atoms with Gasteiger partial charge in [0.15, 0.2) is 11.5 Å². The van der Waals surface area contributed by atoms with Crippen LogP contribution in [0.25, 0.3) is 17.2 Å². The predicted octanol–water partition coefficient (Wildman–Crippen LogP) is 2.68. The average molecular weight is 312 g/mol. The van der Waals surface area contributed by atoms with Crippen molar-refractivity contribution < 1.29 is 13.6 Å². The van der Waals surface area contributed by atoms with Gasteiger partial charge in [0.25, 0.3) is 0 Å². The lowest BCUT2D eigenvalue weighted by molar-refractivity contribution is -0.104. The number of aromatic nitrogens is 1. The van der Waals surface area contributed by atoms with Crippen LogP contribution >= 0.6 is 0 Å². The summed E-state index contributed by atoms with van der Waals surface area (Å²) >= 11 is 0. The molecule has 3 rings (SSSR count). The number of carbonyl (C=O) groups excluding carboxylic acids is 1. The molecule has 1 aromatic carbocycles. The van der Waals surface area contributed by atoms with E-state index in [1.165, 1.54) is 6.08 Å². The van der Waals surface area contributed by atoms with Gasteiger partial charge in [-0.1, -0.05) is 12.1 Å². The molecule has 118 valence electrons. The van der Waals surface area contributed by atoms with Crippen LogP contribution in [-0.4, -0.2) is 24.3 Å². The topological polar surface area (TPSA) is 107 Å². The highest BCUT2D eigenvalue weighted by atomic mass is 16.4. The molecular formula is C16H16N4O3. The summed E-state index contributed by atoms with van der Waals surface area (Å²) in [7, 11) is 1.59. The van der Waals surface area contributed by atoms with Gasteiger partial charge in [-0.25, -0.2) is 0 Å². The summed E-state index contributed by atoms with van der Waals surface area (Å²) in [5.74, 6) is 0.971. The van der Waals surface area contributed by atoms with E-state index in [9.17, 15) is 4.79 Å². The van der Waals surface area contributed by atoms with Crippen molar-refractivity contribution >= 4 is 35.4 Å². The van der Waals surface area contributed by atoms with Gasteiger partial charge < -0.3 is 14.6 Å². The Balaban J connectivity index is 0.000000185. The summed E-state index contributed by atoms with van der Waals surface area (Å²) in [5.41, 5.74) is 6.98. The number of nitrogens with one attached hydrogen (secondary N) is 1. The van der Waals surface area contributed by atoms with Crippen LogP contribution in [0.3, 0.4) is 0 Å². The average Bonchev–Trinajstić information content (AvgIpc) is 3.22. The third-order valence-electron chi connectivity index (χ3n) is 2.65. The molecule has 0 saturated carbocycles. The Labute approximate surface area is 132 Å². The maximum atomic E-state index is 9.77. The van der Waals surface area contributed by atoms with Crippen LogP contribution in [0.2, 0.25) is 0 Å². The van der Waals surface area contributed by atoms with Crippen molar-refractivity contribution in [2.45, 2.75) is 0 Å². The van der Waals surface area contributed by atoms with E-state index >= 15 is 0 Å². The molecule has 0 radical (unpaired) electrons. The summed E-state index contributed by atoms with van der Waals surface area (Å²) in [6.07, 6.45) is 5.26. The molecule has 0 spiro atoms. The quantitative estimate of drug-likeness (QED) is 0.333. The number of nitrogens with zero attached hydrogens (tertiary/aromatic N) is 2. The molecule has 23 heavy (non-hydrogen) atoms. The van der Waals surface area contributed by atoms with Gasteiger partial charge in [-0.2, -0.15) is 4.98 Å². The molecule has 2 aromatic heterocycles. The first-order valence-electron chi connectivity index (χ1n) is 6.73. The lowest BCUT2D eigenvalue weighted by Gasteiger charge is -1.96. The molecule has 0 aliphatic heterocycles. The first-order chi connectivity index (χ1) is 11.2. The number of aliphatic imine (C=N–C) groups is 1. The number of fused-ring (bicyclic) bond motifs is 1. The fourth-order valence-corrected chi connectivity index (χ4v) is 1.61. The Morgan fingerprint density at radius 1 is 1.30 bits per heavy atom. The van der Waals surface area contributed by atoms with Crippen LogP contribution in [0.5, 0.6) is 0 Å². The Morgan fingerprint density at radius 2 is 2.13 bits per heavy atom. The van der Waals surface area contributed by atoms with Crippen LogP contribution in [0.15, 0.2) is 62.6 Å². The molecule has 0 aliphatic rings. The van der Waals surface area contributed by atoms with Crippen LogP contribution < -0.4 is 11.1 Å². The molecule has 3 N–H and O–H groups in total. The Bertz CT molecular complexity index is 771. The van der Waals surface area contributed by atoms with E-state index in [0.717, 1.165) is 11.1 Å². The first-order valence-corrected chi connectivity index (χ1v) is 6.73. The van der Waals surface area contributed by atoms with Gasteiger partial charge in [0.1, 0.15) is 17.6 Å². The standard InChI is InChI=1S/C9H10N4O.C7H6O2/c1-11-8(10)13-9-12-6-4-2-3-5-7(6)14-9;8-5-1-3-7-4-2-6-9-7/h2-5H,1H3,(H3,10,11,12,13);1-6H/b;3-1+. The van der Waals surface area contributed by atoms with E-state index in [-0.39, 0.29) is 5.96 Å². The Morgan fingerprint density at radius 3 is 2.78 bits per heavy atom. The fourth-order valence-electron chi connectivity index (χ4n) is 1.61. The molecule has 0 saturated heterocycles. The van der Waals surface area contributed by atoms with Crippen molar-refractivity contribution in [3.63, 3.8) is 0 Å². The van der Waals surface area contributed by atoms with Crippen molar-refractivity contribution in [3.8, 4) is 0 Å². The largest absolute Gasteiger partial charge is 0.465 e. The molecule has 3 aromatic rings. The molecule has 7 nitrogen and oxygen atoms in total. The molecule has 0 aliphatic carbocycles. The molecule has 0 bridgehead atoms. The van der Waals surface area contributed by atoms with E-state index in [1.807, 2.05) is 24.3 Å². The number of oxazole rings is 1. The van der Waals surface area contributed by atoms with Crippen molar-refractivity contribution in [2.75, 3.05) is 12.4 Å². The third-order valence-corrected chi connectivity index (χ3v) is 2.65. The number of hydrogen-bond acceptors (Lipinski definition) is 5.